The second-order valence-electron chi connectivity index (χ2n) is 8.66. The van der Waals surface area contributed by atoms with Crippen molar-refractivity contribution >= 4 is 17.7 Å². The lowest BCUT2D eigenvalue weighted by Crippen LogP contribution is -2.34. The Morgan fingerprint density at radius 2 is 1.92 bits per heavy atom. The van der Waals surface area contributed by atoms with Gasteiger partial charge in [-0.15, -0.1) is 0 Å². The van der Waals surface area contributed by atoms with Gasteiger partial charge in [0.05, 0.1) is 30.0 Å². The molecule has 2 heterocycles. The number of carbonyl (C=O) groups excluding carboxylic acids is 1. The summed E-state index contributed by atoms with van der Waals surface area (Å²) in [4.78, 5) is 17.0. The normalized spacial score (nSPS) is 13.9. The SMILES string of the molecule is COc1cc(/C=C/C(=O)N2CCCN(c3ccc(C#N)cc3)CC2)ccc1OCc1c(C)noc1C. The molecule has 2 aromatic carbocycles. The van der Waals surface area contributed by atoms with Crippen molar-refractivity contribution in [2.75, 3.05) is 38.2 Å². The Balaban J connectivity index is 1.36. The number of carbonyl (C=O) groups is 1. The predicted octanol–water partition coefficient (Wildman–Crippen LogP) is 4.50. The van der Waals surface area contributed by atoms with Crippen molar-refractivity contribution in [3.05, 3.63) is 76.7 Å². The maximum atomic E-state index is 12.9. The fourth-order valence-electron chi connectivity index (χ4n) is 4.18. The first-order valence-corrected chi connectivity index (χ1v) is 11.9. The second-order valence-corrected chi connectivity index (χ2v) is 8.66. The van der Waals surface area contributed by atoms with Crippen LogP contribution in [-0.2, 0) is 11.4 Å². The minimum atomic E-state index is -0.0191. The molecule has 1 saturated heterocycles. The van der Waals surface area contributed by atoms with Gasteiger partial charge in [0.2, 0.25) is 5.91 Å². The van der Waals surface area contributed by atoms with Crippen LogP contribution in [0.3, 0.4) is 0 Å². The number of amides is 1. The predicted molar refractivity (Wildman–Crippen MR) is 137 cm³/mol. The number of ether oxygens (including phenoxy) is 2. The number of aromatic nitrogens is 1. The van der Waals surface area contributed by atoms with E-state index in [2.05, 4.69) is 16.1 Å². The van der Waals surface area contributed by atoms with E-state index < -0.39 is 0 Å². The van der Waals surface area contributed by atoms with Crippen molar-refractivity contribution in [1.82, 2.24) is 10.1 Å². The summed E-state index contributed by atoms with van der Waals surface area (Å²) in [7, 11) is 1.59. The Morgan fingerprint density at radius 1 is 1.11 bits per heavy atom. The van der Waals surface area contributed by atoms with Gasteiger partial charge in [-0.25, -0.2) is 0 Å². The quantitative estimate of drug-likeness (QED) is 0.454. The monoisotopic (exact) mass is 486 g/mol. The highest BCUT2D eigenvalue weighted by Gasteiger charge is 2.18. The molecule has 0 spiro atoms. The van der Waals surface area contributed by atoms with Crippen molar-refractivity contribution in [1.29, 1.82) is 5.26 Å². The van der Waals surface area contributed by atoms with Crippen molar-refractivity contribution < 1.29 is 18.8 Å². The molecular weight excluding hydrogens is 456 g/mol. The van der Waals surface area contributed by atoms with Crippen molar-refractivity contribution in [3.63, 3.8) is 0 Å². The summed E-state index contributed by atoms with van der Waals surface area (Å²) in [5.41, 5.74) is 4.29. The van der Waals surface area contributed by atoms with E-state index in [1.54, 1.807) is 19.3 Å². The van der Waals surface area contributed by atoms with Crippen LogP contribution in [0.25, 0.3) is 6.08 Å². The van der Waals surface area contributed by atoms with Gasteiger partial charge in [0.1, 0.15) is 12.4 Å². The first-order valence-electron chi connectivity index (χ1n) is 11.9. The smallest absolute Gasteiger partial charge is 0.246 e. The molecule has 1 amide bonds. The summed E-state index contributed by atoms with van der Waals surface area (Å²) < 4.78 is 16.6. The van der Waals surface area contributed by atoms with Crippen LogP contribution in [0.2, 0.25) is 0 Å². The number of benzene rings is 2. The first-order chi connectivity index (χ1) is 17.5. The molecule has 0 bridgehead atoms. The molecular formula is C28H30N4O4. The Labute approximate surface area is 211 Å². The van der Waals surface area contributed by atoms with Gasteiger partial charge in [-0.1, -0.05) is 11.2 Å². The number of methoxy groups -OCH3 is 1. The maximum Gasteiger partial charge on any atom is 0.246 e. The second kappa shape index (κ2) is 11.5. The maximum absolute atomic E-state index is 12.9. The van der Waals surface area contributed by atoms with E-state index in [1.807, 2.05) is 61.2 Å². The summed E-state index contributed by atoms with van der Waals surface area (Å²) in [5, 5.41) is 13.0. The Kier molecular flexibility index (Phi) is 7.91. The van der Waals surface area contributed by atoms with Crippen molar-refractivity contribution in [2.45, 2.75) is 26.9 Å². The van der Waals surface area contributed by atoms with Crippen LogP contribution in [0, 0.1) is 25.2 Å². The number of rotatable bonds is 7. The van der Waals surface area contributed by atoms with Crippen LogP contribution in [0.15, 0.2) is 53.1 Å². The van der Waals surface area contributed by atoms with Gasteiger partial charge in [-0.05, 0) is 68.3 Å². The molecule has 1 aromatic heterocycles. The first kappa shape index (κ1) is 24.9. The fraction of sp³-hybridized carbons (Fsp3) is 0.321. The molecule has 0 unspecified atom stereocenters. The molecule has 1 aliphatic rings. The topological polar surface area (TPSA) is 91.8 Å². The molecule has 1 aliphatic heterocycles. The van der Waals surface area contributed by atoms with Gasteiger partial charge in [0, 0.05) is 37.9 Å². The van der Waals surface area contributed by atoms with E-state index in [-0.39, 0.29) is 5.91 Å². The third-order valence-electron chi connectivity index (χ3n) is 6.33. The van der Waals surface area contributed by atoms with Crippen LogP contribution < -0.4 is 14.4 Å². The fourth-order valence-corrected chi connectivity index (χ4v) is 4.18. The van der Waals surface area contributed by atoms with Crippen molar-refractivity contribution in [3.8, 4) is 17.6 Å². The summed E-state index contributed by atoms with van der Waals surface area (Å²) >= 11 is 0. The van der Waals surface area contributed by atoms with Gasteiger partial charge in [-0.2, -0.15) is 5.26 Å². The molecule has 0 radical (unpaired) electrons. The van der Waals surface area contributed by atoms with Crippen LogP contribution in [0.1, 0.15) is 34.6 Å². The zero-order valence-electron chi connectivity index (χ0n) is 20.9. The highest BCUT2D eigenvalue weighted by molar-refractivity contribution is 5.92. The Morgan fingerprint density at radius 3 is 2.61 bits per heavy atom. The van der Waals surface area contributed by atoms with E-state index in [4.69, 9.17) is 19.3 Å². The highest BCUT2D eigenvalue weighted by Crippen LogP contribution is 2.30. The third-order valence-corrected chi connectivity index (χ3v) is 6.33. The Hall–Kier alpha value is -4.25. The minimum absolute atomic E-state index is 0.0191. The number of aryl methyl sites for hydroxylation is 2. The van der Waals surface area contributed by atoms with Crippen LogP contribution in [0.5, 0.6) is 11.5 Å². The number of nitrogens with zero attached hydrogens (tertiary/aromatic N) is 4. The molecule has 0 aliphatic carbocycles. The number of nitriles is 1. The van der Waals surface area contributed by atoms with Gasteiger partial charge >= 0.3 is 0 Å². The number of hydrogen-bond donors (Lipinski definition) is 0. The van der Waals surface area contributed by atoms with E-state index in [1.165, 1.54) is 0 Å². The van der Waals surface area contributed by atoms with Crippen LogP contribution >= 0.6 is 0 Å². The third kappa shape index (κ3) is 5.87. The Bertz CT molecular complexity index is 1250. The zero-order valence-corrected chi connectivity index (χ0v) is 20.9. The largest absolute Gasteiger partial charge is 0.493 e. The molecule has 4 rings (SSSR count). The van der Waals surface area contributed by atoms with E-state index >= 15 is 0 Å². The summed E-state index contributed by atoms with van der Waals surface area (Å²) in [6, 6.07) is 15.3. The lowest BCUT2D eigenvalue weighted by Gasteiger charge is -2.23. The minimum Gasteiger partial charge on any atom is -0.493 e. The van der Waals surface area contributed by atoms with Gasteiger partial charge in [-0.3, -0.25) is 4.79 Å². The van der Waals surface area contributed by atoms with Crippen LogP contribution in [-0.4, -0.2) is 49.3 Å². The van der Waals surface area contributed by atoms with E-state index in [0.717, 1.165) is 47.8 Å². The van der Waals surface area contributed by atoms with Gasteiger partial charge in [0.15, 0.2) is 11.5 Å². The molecule has 3 aromatic rings. The van der Waals surface area contributed by atoms with Crippen molar-refractivity contribution in [2.24, 2.45) is 0 Å². The van der Waals surface area contributed by atoms with Crippen LogP contribution in [0.4, 0.5) is 5.69 Å². The molecule has 8 heteroatoms. The lowest BCUT2D eigenvalue weighted by molar-refractivity contribution is -0.125. The molecule has 186 valence electrons. The molecule has 1 fully saturated rings. The molecule has 8 nitrogen and oxygen atoms in total. The summed E-state index contributed by atoms with van der Waals surface area (Å²) in [6.45, 7) is 7.03. The number of anilines is 1. The summed E-state index contributed by atoms with van der Waals surface area (Å²) in [5.74, 6) is 1.91. The molecule has 0 atom stereocenters. The molecule has 0 saturated carbocycles. The lowest BCUT2D eigenvalue weighted by atomic mass is 10.1. The number of hydrogen-bond acceptors (Lipinski definition) is 7. The average Bonchev–Trinajstić information content (AvgIpc) is 3.08. The van der Waals surface area contributed by atoms with E-state index in [9.17, 15) is 4.79 Å². The van der Waals surface area contributed by atoms with E-state index in [0.29, 0.717) is 36.8 Å². The summed E-state index contributed by atoms with van der Waals surface area (Å²) in [6.07, 6.45) is 4.29. The molecule has 36 heavy (non-hydrogen) atoms. The average molecular weight is 487 g/mol. The van der Waals surface area contributed by atoms with Gasteiger partial charge in [0.25, 0.3) is 0 Å². The molecule has 0 N–H and O–H groups in total. The van der Waals surface area contributed by atoms with Gasteiger partial charge < -0.3 is 23.8 Å². The standard InChI is InChI=1S/C28H30N4O4/c1-20-25(21(2)36-30-20)19-35-26-11-7-22(17-27(26)34-3)8-12-28(33)32-14-4-13-31(15-16-32)24-9-5-23(18-29)6-10-24/h5-12,17H,4,13-16,19H2,1-3H3/b12-8+. The highest BCUT2D eigenvalue weighted by atomic mass is 16.5. The zero-order chi connectivity index (χ0) is 25.5.